The molecule has 1 aliphatic heterocycles. The lowest BCUT2D eigenvalue weighted by Crippen LogP contribution is -2.47. The minimum absolute atomic E-state index is 0.488. The van der Waals surface area contributed by atoms with Crippen LogP contribution in [0.5, 0.6) is 0 Å². The number of piperidine rings is 1. The van der Waals surface area contributed by atoms with Crippen molar-refractivity contribution in [2.45, 2.75) is 32.4 Å². The highest BCUT2D eigenvalue weighted by molar-refractivity contribution is 7.07. The van der Waals surface area contributed by atoms with Gasteiger partial charge in [-0.05, 0) is 55.2 Å². The average molecular weight is 238 g/mol. The van der Waals surface area contributed by atoms with Gasteiger partial charge >= 0.3 is 0 Å². The number of hydrogen-bond donors (Lipinski definition) is 1. The van der Waals surface area contributed by atoms with Crippen LogP contribution in [0.1, 0.15) is 31.9 Å². The van der Waals surface area contributed by atoms with E-state index in [1.165, 1.54) is 25.1 Å². The highest BCUT2D eigenvalue weighted by Gasteiger charge is 2.25. The first-order valence-electron chi connectivity index (χ1n) is 6.13. The molecular weight excluding hydrogens is 216 g/mol. The second-order valence-electron chi connectivity index (χ2n) is 5.08. The Morgan fingerprint density at radius 1 is 1.56 bits per heavy atom. The van der Waals surface area contributed by atoms with E-state index in [9.17, 15) is 0 Å². The van der Waals surface area contributed by atoms with Gasteiger partial charge in [-0.2, -0.15) is 11.3 Å². The molecule has 2 rings (SSSR count). The molecule has 0 radical (unpaired) electrons. The predicted molar refractivity (Wildman–Crippen MR) is 70.9 cm³/mol. The van der Waals surface area contributed by atoms with Crippen LogP contribution in [0.25, 0.3) is 0 Å². The van der Waals surface area contributed by atoms with E-state index in [1.807, 2.05) is 0 Å². The molecule has 0 amide bonds. The van der Waals surface area contributed by atoms with Crippen LogP contribution in [-0.2, 0) is 0 Å². The second kappa shape index (κ2) is 5.30. The van der Waals surface area contributed by atoms with Crippen molar-refractivity contribution in [3.05, 3.63) is 22.4 Å². The number of nitrogens with zero attached hydrogens (tertiary/aromatic N) is 1. The molecule has 1 saturated heterocycles. The summed E-state index contributed by atoms with van der Waals surface area (Å²) in [4.78, 5) is 2.43. The predicted octanol–water partition coefficient (Wildman–Crippen LogP) is 2.74. The van der Waals surface area contributed by atoms with Crippen molar-refractivity contribution in [2.24, 2.45) is 5.92 Å². The Bertz CT molecular complexity index is 310. The molecule has 1 aromatic rings. The van der Waals surface area contributed by atoms with Gasteiger partial charge in [0.2, 0.25) is 0 Å². The van der Waals surface area contributed by atoms with Crippen molar-refractivity contribution >= 4 is 11.3 Å². The molecule has 0 spiro atoms. The molecule has 2 nitrogen and oxygen atoms in total. The molecule has 3 heteroatoms. The van der Waals surface area contributed by atoms with E-state index in [4.69, 9.17) is 0 Å². The van der Waals surface area contributed by atoms with E-state index in [2.05, 4.69) is 47.9 Å². The molecule has 0 aliphatic carbocycles. The van der Waals surface area contributed by atoms with Crippen molar-refractivity contribution in [3.63, 3.8) is 0 Å². The molecule has 0 saturated carbocycles. The summed E-state index contributed by atoms with van der Waals surface area (Å²) in [6, 6.07) is 3.38. The Balaban J connectivity index is 1.89. The molecule has 1 aliphatic rings. The molecule has 1 aromatic heterocycles. The highest BCUT2D eigenvalue weighted by Crippen LogP contribution is 2.21. The number of hydrogen-bond acceptors (Lipinski definition) is 3. The zero-order chi connectivity index (χ0) is 11.5. The normalized spacial score (nSPS) is 29.2. The van der Waals surface area contributed by atoms with Crippen LogP contribution >= 0.6 is 11.3 Å². The number of thiophene rings is 1. The lowest BCUT2D eigenvalue weighted by molar-refractivity contribution is 0.168. The van der Waals surface area contributed by atoms with E-state index in [-0.39, 0.29) is 0 Å². The summed E-state index contributed by atoms with van der Waals surface area (Å²) in [5.74, 6) is 0.750. The summed E-state index contributed by atoms with van der Waals surface area (Å²) in [5.41, 5.74) is 1.43. The summed E-state index contributed by atoms with van der Waals surface area (Å²) < 4.78 is 0. The van der Waals surface area contributed by atoms with Crippen LogP contribution in [0.3, 0.4) is 0 Å². The zero-order valence-electron chi connectivity index (χ0n) is 10.4. The minimum atomic E-state index is 0.488. The lowest BCUT2D eigenvalue weighted by Gasteiger charge is -2.36. The Kier molecular flexibility index (Phi) is 4.00. The third-order valence-electron chi connectivity index (χ3n) is 3.62. The van der Waals surface area contributed by atoms with E-state index in [0.29, 0.717) is 12.1 Å². The lowest BCUT2D eigenvalue weighted by atomic mass is 9.93. The molecule has 16 heavy (non-hydrogen) atoms. The fraction of sp³-hybridized carbons (Fsp3) is 0.692. The molecule has 2 heterocycles. The fourth-order valence-corrected chi connectivity index (χ4v) is 3.29. The SMILES string of the molecule is CC(NC1CCN(C)CC1C)c1ccsc1. The fourth-order valence-electron chi connectivity index (χ4n) is 2.54. The number of likely N-dealkylation sites (tertiary alicyclic amines) is 1. The van der Waals surface area contributed by atoms with Crippen molar-refractivity contribution < 1.29 is 0 Å². The van der Waals surface area contributed by atoms with Gasteiger partial charge in [0.15, 0.2) is 0 Å². The van der Waals surface area contributed by atoms with Crippen LogP contribution in [0.2, 0.25) is 0 Å². The Morgan fingerprint density at radius 2 is 2.38 bits per heavy atom. The summed E-state index contributed by atoms with van der Waals surface area (Å²) >= 11 is 1.78. The van der Waals surface area contributed by atoms with E-state index < -0.39 is 0 Å². The third kappa shape index (κ3) is 2.84. The molecule has 0 bridgehead atoms. The maximum Gasteiger partial charge on any atom is 0.0302 e. The highest BCUT2D eigenvalue weighted by atomic mass is 32.1. The van der Waals surface area contributed by atoms with Gasteiger partial charge in [0.05, 0.1) is 0 Å². The van der Waals surface area contributed by atoms with Crippen molar-refractivity contribution in [2.75, 3.05) is 20.1 Å². The summed E-state index contributed by atoms with van der Waals surface area (Å²) in [5, 5.41) is 8.18. The smallest absolute Gasteiger partial charge is 0.0302 e. The second-order valence-corrected chi connectivity index (χ2v) is 5.86. The van der Waals surface area contributed by atoms with Gasteiger partial charge < -0.3 is 10.2 Å². The summed E-state index contributed by atoms with van der Waals surface area (Å²) in [6.07, 6.45) is 1.27. The number of nitrogens with one attached hydrogen (secondary N) is 1. The molecule has 1 fully saturated rings. The van der Waals surface area contributed by atoms with Gasteiger partial charge in [-0.15, -0.1) is 0 Å². The maximum absolute atomic E-state index is 3.77. The topological polar surface area (TPSA) is 15.3 Å². The van der Waals surface area contributed by atoms with Crippen LogP contribution in [0.15, 0.2) is 16.8 Å². The molecule has 90 valence electrons. The van der Waals surface area contributed by atoms with Gasteiger partial charge in [-0.3, -0.25) is 0 Å². The average Bonchev–Trinajstić information content (AvgIpc) is 2.75. The zero-order valence-corrected chi connectivity index (χ0v) is 11.3. The number of rotatable bonds is 3. The molecule has 1 N–H and O–H groups in total. The summed E-state index contributed by atoms with van der Waals surface area (Å²) in [6.45, 7) is 7.06. The molecular formula is C13H22N2S. The van der Waals surface area contributed by atoms with Gasteiger partial charge in [0.25, 0.3) is 0 Å². The van der Waals surface area contributed by atoms with Crippen LogP contribution < -0.4 is 5.32 Å². The van der Waals surface area contributed by atoms with Gasteiger partial charge in [-0.25, -0.2) is 0 Å². The standard InChI is InChI=1S/C13H22N2S/c1-10-8-15(3)6-4-13(10)14-11(2)12-5-7-16-9-12/h5,7,9-11,13-14H,4,6,8H2,1-3H3. The van der Waals surface area contributed by atoms with Crippen LogP contribution in [-0.4, -0.2) is 31.1 Å². The van der Waals surface area contributed by atoms with Gasteiger partial charge in [-0.1, -0.05) is 6.92 Å². The Labute approximate surface area is 103 Å². The maximum atomic E-state index is 3.77. The third-order valence-corrected chi connectivity index (χ3v) is 4.32. The first-order chi connectivity index (χ1) is 7.66. The molecule has 3 unspecified atom stereocenters. The van der Waals surface area contributed by atoms with Crippen LogP contribution in [0, 0.1) is 5.92 Å². The molecule has 0 aromatic carbocycles. The van der Waals surface area contributed by atoms with Gasteiger partial charge in [0.1, 0.15) is 0 Å². The Hall–Kier alpha value is -0.380. The quantitative estimate of drug-likeness (QED) is 0.871. The van der Waals surface area contributed by atoms with E-state index in [1.54, 1.807) is 11.3 Å². The van der Waals surface area contributed by atoms with Crippen LogP contribution in [0.4, 0.5) is 0 Å². The largest absolute Gasteiger partial charge is 0.307 e. The molecule has 3 atom stereocenters. The van der Waals surface area contributed by atoms with E-state index >= 15 is 0 Å². The van der Waals surface area contributed by atoms with Crippen molar-refractivity contribution in [1.29, 1.82) is 0 Å². The first kappa shape index (κ1) is 12.1. The summed E-state index contributed by atoms with van der Waals surface area (Å²) in [7, 11) is 2.22. The monoisotopic (exact) mass is 238 g/mol. The van der Waals surface area contributed by atoms with Crippen molar-refractivity contribution in [1.82, 2.24) is 10.2 Å². The van der Waals surface area contributed by atoms with Gasteiger partial charge in [0, 0.05) is 18.6 Å². The van der Waals surface area contributed by atoms with Crippen molar-refractivity contribution in [3.8, 4) is 0 Å². The minimum Gasteiger partial charge on any atom is -0.307 e. The first-order valence-corrected chi connectivity index (χ1v) is 7.08. The Morgan fingerprint density at radius 3 is 3.00 bits per heavy atom. The van der Waals surface area contributed by atoms with E-state index in [0.717, 1.165) is 5.92 Å².